The number of benzene rings is 1. The van der Waals surface area contributed by atoms with Crippen LogP contribution in [0.15, 0.2) is 30.3 Å². The normalized spacial score (nSPS) is 16.0. The second-order valence-corrected chi connectivity index (χ2v) is 5.53. The molecule has 5 heteroatoms. The SMILES string of the molecule is CCOC(=O)C1CCN(c2ccc3cccc(O)c3n2)CC1. The number of pyridine rings is 1. The molecule has 0 aliphatic carbocycles. The first-order valence-corrected chi connectivity index (χ1v) is 7.69. The van der Waals surface area contributed by atoms with Crippen LogP contribution >= 0.6 is 0 Å². The van der Waals surface area contributed by atoms with Crippen molar-refractivity contribution in [3.05, 3.63) is 30.3 Å². The maximum absolute atomic E-state index is 11.8. The standard InChI is InChI=1S/C17H20N2O3/c1-2-22-17(21)13-8-10-19(11-9-13)15-7-6-12-4-3-5-14(20)16(12)18-15/h3-7,13,20H,2,8-11H2,1H3. The number of ether oxygens (including phenoxy) is 1. The topological polar surface area (TPSA) is 62.7 Å². The van der Waals surface area contributed by atoms with E-state index in [9.17, 15) is 9.90 Å². The highest BCUT2D eigenvalue weighted by Crippen LogP contribution is 2.28. The van der Waals surface area contributed by atoms with Crippen molar-refractivity contribution < 1.29 is 14.6 Å². The minimum atomic E-state index is -0.0914. The van der Waals surface area contributed by atoms with Gasteiger partial charge in [0.1, 0.15) is 17.1 Å². The fraction of sp³-hybridized carbons (Fsp3) is 0.412. The number of carbonyl (C=O) groups excluding carboxylic acids is 1. The van der Waals surface area contributed by atoms with E-state index >= 15 is 0 Å². The Morgan fingerprint density at radius 2 is 2.09 bits per heavy atom. The number of anilines is 1. The molecule has 1 N–H and O–H groups in total. The van der Waals surface area contributed by atoms with E-state index in [0.29, 0.717) is 12.1 Å². The van der Waals surface area contributed by atoms with Gasteiger partial charge in [-0.05, 0) is 38.0 Å². The highest BCUT2D eigenvalue weighted by atomic mass is 16.5. The molecule has 3 rings (SSSR count). The Labute approximate surface area is 129 Å². The first kappa shape index (κ1) is 14.6. The van der Waals surface area contributed by atoms with E-state index in [0.717, 1.165) is 37.1 Å². The van der Waals surface area contributed by atoms with E-state index < -0.39 is 0 Å². The molecule has 1 aliphatic rings. The van der Waals surface area contributed by atoms with Crippen molar-refractivity contribution in [1.82, 2.24) is 4.98 Å². The Kier molecular flexibility index (Phi) is 4.13. The molecule has 2 aromatic rings. The van der Waals surface area contributed by atoms with Crippen LogP contribution in [0.2, 0.25) is 0 Å². The van der Waals surface area contributed by atoms with Gasteiger partial charge in [-0.2, -0.15) is 0 Å². The molecule has 5 nitrogen and oxygen atoms in total. The molecule has 2 heterocycles. The number of aromatic hydroxyl groups is 1. The number of hydrogen-bond donors (Lipinski definition) is 1. The van der Waals surface area contributed by atoms with Gasteiger partial charge in [-0.15, -0.1) is 0 Å². The monoisotopic (exact) mass is 300 g/mol. The molecular weight excluding hydrogens is 280 g/mol. The van der Waals surface area contributed by atoms with E-state index in [1.807, 2.05) is 31.2 Å². The number of hydrogen-bond acceptors (Lipinski definition) is 5. The summed E-state index contributed by atoms with van der Waals surface area (Å²) >= 11 is 0. The summed E-state index contributed by atoms with van der Waals surface area (Å²) in [5, 5.41) is 10.8. The lowest BCUT2D eigenvalue weighted by Crippen LogP contribution is -2.37. The number of phenols is 1. The molecular formula is C17H20N2O3. The van der Waals surface area contributed by atoms with Crippen LogP contribution in [0.3, 0.4) is 0 Å². The number of aromatic nitrogens is 1. The zero-order chi connectivity index (χ0) is 15.5. The maximum Gasteiger partial charge on any atom is 0.309 e. The third kappa shape index (κ3) is 2.84. The number of phenolic OH excluding ortho intramolecular Hbond substituents is 1. The number of esters is 1. The number of para-hydroxylation sites is 1. The summed E-state index contributed by atoms with van der Waals surface area (Å²) in [6, 6.07) is 9.32. The number of rotatable bonds is 3. The molecule has 0 amide bonds. The maximum atomic E-state index is 11.8. The Morgan fingerprint density at radius 3 is 2.82 bits per heavy atom. The van der Waals surface area contributed by atoms with Gasteiger partial charge in [0.2, 0.25) is 0 Å². The predicted molar refractivity (Wildman–Crippen MR) is 85.0 cm³/mol. The Bertz CT molecular complexity index is 679. The van der Waals surface area contributed by atoms with E-state index in [1.54, 1.807) is 6.07 Å². The molecule has 0 atom stereocenters. The van der Waals surface area contributed by atoms with Crippen LogP contribution in [-0.2, 0) is 9.53 Å². The van der Waals surface area contributed by atoms with E-state index in [1.165, 1.54) is 0 Å². The van der Waals surface area contributed by atoms with Gasteiger partial charge < -0.3 is 14.7 Å². The van der Waals surface area contributed by atoms with Gasteiger partial charge in [-0.1, -0.05) is 12.1 Å². The van der Waals surface area contributed by atoms with Crippen LogP contribution in [0.25, 0.3) is 10.9 Å². The Balaban J connectivity index is 1.74. The first-order chi connectivity index (χ1) is 10.7. The number of carbonyl (C=O) groups is 1. The van der Waals surface area contributed by atoms with E-state index in [4.69, 9.17) is 4.74 Å². The summed E-state index contributed by atoms with van der Waals surface area (Å²) < 4.78 is 5.09. The summed E-state index contributed by atoms with van der Waals surface area (Å²) in [7, 11) is 0. The second-order valence-electron chi connectivity index (χ2n) is 5.53. The van der Waals surface area contributed by atoms with Crippen LogP contribution in [0, 0.1) is 5.92 Å². The Morgan fingerprint density at radius 1 is 1.32 bits per heavy atom. The third-order valence-electron chi connectivity index (χ3n) is 4.12. The van der Waals surface area contributed by atoms with Gasteiger partial charge in [0.25, 0.3) is 0 Å². The number of piperidine rings is 1. The summed E-state index contributed by atoms with van der Waals surface area (Å²) in [6.07, 6.45) is 1.55. The lowest BCUT2D eigenvalue weighted by Gasteiger charge is -2.31. The van der Waals surface area contributed by atoms with E-state index in [-0.39, 0.29) is 17.6 Å². The summed E-state index contributed by atoms with van der Waals surface area (Å²) in [5.74, 6) is 0.938. The van der Waals surface area contributed by atoms with Crippen molar-refractivity contribution in [2.75, 3.05) is 24.6 Å². The second kappa shape index (κ2) is 6.22. The summed E-state index contributed by atoms with van der Waals surface area (Å²) in [6.45, 7) is 3.81. The molecule has 22 heavy (non-hydrogen) atoms. The molecule has 0 spiro atoms. The van der Waals surface area contributed by atoms with Crippen molar-refractivity contribution in [2.45, 2.75) is 19.8 Å². The third-order valence-corrected chi connectivity index (χ3v) is 4.12. The largest absolute Gasteiger partial charge is 0.506 e. The molecule has 0 saturated carbocycles. The minimum Gasteiger partial charge on any atom is -0.506 e. The van der Waals surface area contributed by atoms with Crippen LogP contribution < -0.4 is 4.90 Å². The van der Waals surface area contributed by atoms with Gasteiger partial charge >= 0.3 is 5.97 Å². The van der Waals surface area contributed by atoms with Crippen molar-refractivity contribution in [3.8, 4) is 5.75 Å². The van der Waals surface area contributed by atoms with E-state index in [2.05, 4.69) is 9.88 Å². The van der Waals surface area contributed by atoms with Gasteiger partial charge in [0.15, 0.2) is 0 Å². The average molecular weight is 300 g/mol. The quantitative estimate of drug-likeness (QED) is 0.883. The minimum absolute atomic E-state index is 0.00920. The van der Waals surface area contributed by atoms with Gasteiger partial charge in [0.05, 0.1) is 12.5 Å². The van der Waals surface area contributed by atoms with Crippen LogP contribution in [-0.4, -0.2) is 35.8 Å². The average Bonchev–Trinajstić information content (AvgIpc) is 2.55. The van der Waals surface area contributed by atoms with Crippen molar-refractivity contribution in [2.24, 2.45) is 5.92 Å². The van der Waals surface area contributed by atoms with Gasteiger partial charge in [-0.3, -0.25) is 4.79 Å². The first-order valence-electron chi connectivity index (χ1n) is 7.69. The molecule has 116 valence electrons. The van der Waals surface area contributed by atoms with Gasteiger partial charge in [0, 0.05) is 18.5 Å². The number of nitrogens with zero attached hydrogens (tertiary/aromatic N) is 2. The summed E-state index contributed by atoms with van der Waals surface area (Å²) in [5.41, 5.74) is 0.618. The lowest BCUT2D eigenvalue weighted by atomic mass is 9.97. The Hall–Kier alpha value is -2.30. The fourth-order valence-corrected chi connectivity index (χ4v) is 2.90. The fourth-order valence-electron chi connectivity index (χ4n) is 2.90. The van der Waals surface area contributed by atoms with Crippen molar-refractivity contribution in [3.63, 3.8) is 0 Å². The molecule has 1 aliphatic heterocycles. The molecule has 1 saturated heterocycles. The predicted octanol–water partition coefficient (Wildman–Crippen LogP) is 2.72. The van der Waals surface area contributed by atoms with Crippen LogP contribution in [0.5, 0.6) is 5.75 Å². The molecule has 1 aromatic heterocycles. The van der Waals surface area contributed by atoms with Crippen molar-refractivity contribution >= 4 is 22.7 Å². The molecule has 0 bridgehead atoms. The highest BCUT2D eigenvalue weighted by molar-refractivity contribution is 5.85. The van der Waals surface area contributed by atoms with Crippen molar-refractivity contribution in [1.29, 1.82) is 0 Å². The molecule has 1 fully saturated rings. The zero-order valence-electron chi connectivity index (χ0n) is 12.7. The van der Waals surface area contributed by atoms with Crippen LogP contribution in [0.4, 0.5) is 5.82 Å². The van der Waals surface area contributed by atoms with Crippen LogP contribution in [0.1, 0.15) is 19.8 Å². The lowest BCUT2D eigenvalue weighted by molar-refractivity contribution is -0.148. The zero-order valence-corrected chi connectivity index (χ0v) is 12.7. The van der Waals surface area contributed by atoms with Gasteiger partial charge in [-0.25, -0.2) is 4.98 Å². The molecule has 1 aromatic carbocycles. The summed E-state index contributed by atoms with van der Waals surface area (Å²) in [4.78, 5) is 18.5. The number of fused-ring (bicyclic) bond motifs is 1. The molecule has 0 unspecified atom stereocenters. The highest BCUT2D eigenvalue weighted by Gasteiger charge is 2.26. The molecule has 0 radical (unpaired) electrons. The smallest absolute Gasteiger partial charge is 0.309 e.